The highest BCUT2D eigenvalue weighted by Gasteiger charge is 2.67. The van der Waals surface area contributed by atoms with Crippen molar-refractivity contribution >= 4 is 81.2 Å². The van der Waals surface area contributed by atoms with Crippen LogP contribution in [0.2, 0.25) is 10.0 Å². The maximum absolute atomic E-state index is 13.6. The Labute approximate surface area is 232 Å². The van der Waals surface area contributed by atoms with Crippen LogP contribution in [0.4, 0.5) is 21.5 Å². The average molecular weight is 583 g/mol. The first kappa shape index (κ1) is 27.2. The summed E-state index contributed by atoms with van der Waals surface area (Å²) in [6.45, 7) is 3.10. The standard InChI is InChI=1S/C26H20Cl4FN3O3/c1-12-9-17(34-25(37)22-21(26(22,29)30)14-3-8-20(31)19(27)10-14)11-18(23(12)28)24(36)33-16-6-4-15(5-7-16)32-13(2)35/h3-11,21-22H,1-2H3,(H,32,35)(H,33,36)(H,34,37)/t21-,22?/m1/s1. The molecule has 3 amide bonds. The lowest BCUT2D eigenvalue weighted by molar-refractivity contribution is -0.117. The van der Waals surface area contributed by atoms with Crippen molar-refractivity contribution in [3.8, 4) is 0 Å². The lowest BCUT2D eigenvalue weighted by atomic mass is 10.1. The molecule has 1 aliphatic carbocycles. The zero-order valence-electron chi connectivity index (χ0n) is 19.5. The summed E-state index contributed by atoms with van der Waals surface area (Å²) in [5.41, 5.74) is 2.63. The summed E-state index contributed by atoms with van der Waals surface area (Å²) in [6, 6.07) is 13.7. The summed E-state index contributed by atoms with van der Waals surface area (Å²) in [4.78, 5) is 37.2. The third kappa shape index (κ3) is 5.85. The molecule has 11 heteroatoms. The number of carbonyl (C=O) groups excluding carboxylic acids is 3. The smallest absolute Gasteiger partial charge is 0.257 e. The molecule has 3 aromatic carbocycles. The van der Waals surface area contributed by atoms with Gasteiger partial charge in [-0.3, -0.25) is 14.4 Å². The van der Waals surface area contributed by atoms with Crippen LogP contribution in [0, 0.1) is 18.7 Å². The van der Waals surface area contributed by atoms with Gasteiger partial charge in [0.25, 0.3) is 5.91 Å². The molecule has 2 atom stereocenters. The van der Waals surface area contributed by atoms with Gasteiger partial charge in [0.05, 0.1) is 21.5 Å². The van der Waals surface area contributed by atoms with Gasteiger partial charge in [0, 0.05) is 29.9 Å². The molecule has 1 saturated carbocycles. The molecule has 3 N–H and O–H groups in total. The minimum atomic E-state index is -1.41. The Balaban J connectivity index is 1.50. The number of benzene rings is 3. The van der Waals surface area contributed by atoms with Gasteiger partial charge < -0.3 is 16.0 Å². The number of rotatable bonds is 6. The van der Waals surface area contributed by atoms with E-state index in [9.17, 15) is 18.8 Å². The zero-order valence-corrected chi connectivity index (χ0v) is 22.5. The van der Waals surface area contributed by atoms with Crippen LogP contribution in [0.1, 0.15) is 34.3 Å². The van der Waals surface area contributed by atoms with Gasteiger partial charge >= 0.3 is 0 Å². The summed E-state index contributed by atoms with van der Waals surface area (Å²) in [7, 11) is 0. The highest BCUT2D eigenvalue weighted by atomic mass is 35.5. The molecule has 192 valence electrons. The predicted molar refractivity (Wildman–Crippen MR) is 146 cm³/mol. The molecule has 1 fully saturated rings. The molecule has 0 bridgehead atoms. The quantitative estimate of drug-likeness (QED) is 0.269. The molecule has 0 saturated heterocycles. The Morgan fingerprint density at radius 3 is 2.08 bits per heavy atom. The number of alkyl halides is 2. The van der Waals surface area contributed by atoms with Crippen LogP contribution in [0.25, 0.3) is 0 Å². The fraction of sp³-hybridized carbons (Fsp3) is 0.192. The van der Waals surface area contributed by atoms with E-state index >= 15 is 0 Å². The number of nitrogens with one attached hydrogen (secondary N) is 3. The number of halogens is 5. The van der Waals surface area contributed by atoms with E-state index in [-0.39, 0.29) is 21.5 Å². The van der Waals surface area contributed by atoms with Crippen molar-refractivity contribution in [3.63, 3.8) is 0 Å². The van der Waals surface area contributed by atoms with Gasteiger partial charge in [-0.1, -0.05) is 29.3 Å². The molecule has 4 rings (SSSR count). The lowest BCUT2D eigenvalue weighted by Gasteiger charge is -2.13. The third-order valence-corrected chi connectivity index (χ3v) is 7.60. The highest BCUT2D eigenvalue weighted by Crippen LogP contribution is 2.65. The fourth-order valence-corrected chi connectivity index (χ4v) is 5.25. The molecule has 0 aliphatic heterocycles. The molecule has 3 aromatic rings. The second-order valence-electron chi connectivity index (χ2n) is 8.66. The highest BCUT2D eigenvalue weighted by molar-refractivity contribution is 6.53. The van der Waals surface area contributed by atoms with Crippen molar-refractivity contribution in [2.45, 2.75) is 24.1 Å². The largest absolute Gasteiger partial charge is 0.326 e. The van der Waals surface area contributed by atoms with Crippen LogP contribution in [0.3, 0.4) is 0 Å². The van der Waals surface area contributed by atoms with E-state index in [1.54, 1.807) is 37.3 Å². The number of carbonyl (C=O) groups is 3. The van der Waals surface area contributed by atoms with Crippen molar-refractivity contribution in [1.82, 2.24) is 0 Å². The molecular formula is C26H20Cl4FN3O3. The van der Waals surface area contributed by atoms with Gasteiger partial charge in [-0.2, -0.15) is 0 Å². The Hall–Kier alpha value is -2.84. The van der Waals surface area contributed by atoms with Crippen molar-refractivity contribution < 1.29 is 18.8 Å². The average Bonchev–Trinajstić information content (AvgIpc) is 3.40. The molecule has 0 heterocycles. The molecular weight excluding hydrogens is 563 g/mol. The summed E-state index contributed by atoms with van der Waals surface area (Å²) < 4.78 is 12.2. The number of hydrogen-bond acceptors (Lipinski definition) is 3. The minimum Gasteiger partial charge on any atom is -0.326 e. The SMILES string of the molecule is CC(=O)Nc1ccc(NC(=O)c2cc(NC(=O)C3[C@@H](c4ccc(F)c(Cl)c4)C3(Cl)Cl)cc(C)c2Cl)cc1. The molecule has 1 aliphatic rings. The van der Waals surface area contributed by atoms with Gasteiger partial charge in [0.2, 0.25) is 11.8 Å². The van der Waals surface area contributed by atoms with Crippen molar-refractivity contribution in [3.05, 3.63) is 87.2 Å². The second kappa shape index (κ2) is 10.5. The Morgan fingerprint density at radius 2 is 1.49 bits per heavy atom. The van der Waals surface area contributed by atoms with Crippen molar-refractivity contribution in [2.24, 2.45) is 5.92 Å². The van der Waals surface area contributed by atoms with Crippen LogP contribution in [0.15, 0.2) is 54.6 Å². The fourth-order valence-electron chi connectivity index (χ4n) is 4.04. The first-order valence-electron chi connectivity index (χ1n) is 11.0. The van der Waals surface area contributed by atoms with Gasteiger partial charge in [0.1, 0.15) is 10.2 Å². The Kier molecular flexibility index (Phi) is 7.72. The van der Waals surface area contributed by atoms with Crippen LogP contribution >= 0.6 is 46.4 Å². The van der Waals surface area contributed by atoms with Crippen molar-refractivity contribution in [1.29, 1.82) is 0 Å². The summed E-state index contributed by atoms with van der Waals surface area (Å²) >= 11 is 25.0. The number of anilines is 3. The lowest BCUT2D eigenvalue weighted by Crippen LogP contribution is -2.18. The molecule has 0 radical (unpaired) electrons. The Morgan fingerprint density at radius 1 is 0.865 bits per heavy atom. The van der Waals surface area contributed by atoms with E-state index in [0.717, 1.165) is 0 Å². The normalized spacial score (nSPS) is 17.6. The van der Waals surface area contributed by atoms with E-state index in [2.05, 4.69) is 16.0 Å². The number of hydrogen-bond donors (Lipinski definition) is 3. The Bertz CT molecular complexity index is 1410. The van der Waals surface area contributed by atoms with Crippen LogP contribution in [0.5, 0.6) is 0 Å². The van der Waals surface area contributed by atoms with Gasteiger partial charge in [-0.25, -0.2) is 4.39 Å². The van der Waals surface area contributed by atoms with E-state index in [1.165, 1.54) is 31.2 Å². The zero-order chi connectivity index (χ0) is 27.1. The van der Waals surface area contributed by atoms with E-state index in [4.69, 9.17) is 46.4 Å². The van der Waals surface area contributed by atoms with E-state index in [1.807, 2.05) is 0 Å². The molecule has 0 spiro atoms. The molecule has 6 nitrogen and oxygen atoms in total. The van der Waals surface area contributed by atoms with E-state index < -0.39 is 33.8 Å². The molecule has 37 heavy (non-hydrogen) atoms. The van der Waals surface area contributed by atoms with E-state index in [0.29, 0.717) is 28.2 Å². The van der Waals surface area contributed by atoms with Crippen molar-refractivity contribution in [2.75, 3.05) is 16.0 Å². The van der Waals surface area contributed by atoms with Crippen LogP contribution in [-0.2, 0) is 9.59 Å². The summed E-state index contributed by atoms with van der Waals surface area (Å²) in [5.74, 6) is -3.19. The monoisotopic (exact) mass is 581 g/mol. The maximum Gasteiger partial charge on any atom is 0.257 e. The van der Waals surface area contributed by atoms with Gasteiger partial charge in [-0.05, 0) is 66.6 Å². The number of amides is 3. The summed E-state index contributed by atoms with van der Waals surface area (Å²) in [6.07, 6.45) is 0. The van der Waals surface area contributed by atoms with Gasteiger partial charge in [-0.15, -0.1) is 23.2 Å². The van der Waals surface area contributed by atoms with Crippen LogP contribution < -0.4 is 16.0 Å². The first-order chi connectivity index (χ1) is 17.4. The third-order valence-electron chi connectivity index (χ3n) is 5.87. The topological polar surface area (TPSA) is 87.3 Å². The maximum atomic E-state index is 13.6. The molecule has 0 aromatic heterocycles. The van der Waals surface area contributed by atoms with Crippen LogP contribution in [-0.4, -0.2) is 22.1 Å². The minimum absolute atomic E-state index is 0.0959. The summed E-state index contributed by atoms with van der Waals surface area (Å²) in [5, 5.41) is 8.25. The second-order valence-corrected chi connectivity index (χ2v) is 10.9. The predicted octanol–water partition coefficient (Wildman–Crippen LogP) is 7.18. The van der Waals surface area contributed by atoms with Gasteiger partial charge in [0.15, 0.2) is 0 Å². The number of aryl methyl sites for hydroxylation is 1. The first-order valence-corrected chi connectivity index (χ1v) is 12.5. The molecule has 1 unspecified atom stereocenters.